The van der Waals surface area contributed by atoms with Crippen LogP contribution in [-0.4, -0.2) is 119 Å². The number of rotatable bonds is 8. The summed E-state index contributed by atoms with van der Waals surface area (Å²) < 4.78 is 6.21. The summed E-state index contributed by atoms with van der Waals surface area (Å²) >= 11 is 6.17. The third-order valence-corrected chi connectivity index (χ3v) is 13.2. The van der Waals surface area contributed by atoms with Gasteiger partial charge in [-0.25, -0.2) is 0 Å². The van der Waals surface area contributed by atoms with Crippen LogP contribution in [0.5, 0.6) is 5.75 Å². The summed E-state index contributed by atoms with van der Waals surface area (Å²) in [6.07, 6.45) is 7.22. The maximum absolute atomic E-state index is 13.8. The number of nitrogens with zero attached hydrogens (tertiary/aromatic N) is 7. The number of nitrogens with one attached hydrogen (secondary N) is 1. The van der Waals surface area contributed by atoms with Gasteiger partial charge in [0, 0.05) is 94.1 Å². The van der Waals surface area contributed by atoms with Gasteiger partial charge in [0.15, 0.2) is 11.9 Å². The van der Waals surface area contributed by atoms with Crippen molar-refractivity contribution in [3.8, 4) is 5.75 Å². The average Bonchev–Trinajstić information content (AvgIpc) is 3.65. The van der Waals surface area contributed by atoms with Crippen LogP contribution < -0.4 is 19.9 Å². The molecule has 14 nitrogen and oxygen atoms in total. The first kappa shape index (κ1) is 38.0. The van der Waals surface area contributed by atoms with E-state index in [9.17, 15) is 24.0 Å². The Balaban J connectivity index is 0.730. The molecule has 300 valence electrons. The first-order chi connectivity index (χ1) is 28.1. The molecule has 15 heteroatoms. The average molecular weight is 805 g/mol. The van der Waals surface area contributed by atoms with Crippen LogP contribution in [0.4, 0.5) is 17.2 Å². The number of benzene rings is 2. The Hall–Kier alpha value is -5.52. The Morgan fingerprint density at radius 2 is 1.50 bits per heavy atom. The van der Waals surface area contributed by atoms with Gasteiger partial charge in [-0.1, -0.05) is 18.2 Å². The predicted octanol–water partition coefficient (Wildman–Crippen LogP) is 4.94. The summed E-state index contributed by atoms with van der Waals surface area (Å²) in [6, 6.07) is 14.4. The molecule has 0 aliphatic carbocycles. The second-order valence-electron chi connectivity index (χ2n) is 16.3. The highest BCUT2D eigenvalue weighted by molar-refractivity contribution is 6.33. The summed E-state index contributed by atoms with van der Waals surface area (Å²) in [5, 5.41) is 2.53. The van der Waals surface area contributed by atoms with Crippen LogP contribution in [0.25, 0.3) is 4.85 Å². The van der Waals surface area contributed by atoms with Gasteiger partial charge in [0.1, 0.15) is 12.1 Å². The SMILES string of the molecule is [C-]#[N+]c1ncc(OC2CC3CCC(C2)N3C(=O)c2ccc(N3CCN(CC4CCN(c5ccc6c(c5)C(=O)N(C5CCC(=O)NC5=O)C6=O)CC4)CC3)cc2)cc1Cl. The minimum Gasteiger partial charge on any atom is -0.486 e. The largest absolute Gasteiger partial charge is 0.486 e. The summed E-state index contributed by atoms with van der Waals surface area (Å²) in [7, 11) is 0. The van der Waals surface area contributed by atoms with E-state index in [4.69, 9.17) is 22.9 Å². The van der Waals surface area contributed by atoms with Crippen molar-refractivity contribution >= 4 is 58.3 Å². The third-order valence-electron chi connectivity index (χ3n) is 12.9. The number of piperidine rings is 3. The molecular formula is C43H45ClN8O6. The number of hydrogen-bond acceptors (Lipinski definition) is 10. The topological polar surface area (TPSA) is 140 Å². The smallest absolute Gasteiger partial charge is 0.288 e. The molecule has 5 amide bonds. The number of carbonyl (C=O) groups excluding carboxylic acids is 5. The van der Waals surface area contributed by atoms with Gasteiger partial charge >= 0.3 is 0 Å². The molecule has 58 heavy (non-hydrogen) atoms. The first-order valence-corrected chi connectivity index (χ1v) is 20.7. The van der Waals surface area contributed by atoms with Gasteiger partial charge in [-0.3, -0.25) is 39.1 Å². The molecule has 7 heterocycles. The molecular weight excluding hydrogens is 760 g/mol. The van der Waals surface area contributed by atoms with E-state index in [1.807, 2.05) is 18.2 Å². The number of fused-ring (bicyclic) bond motifs is 3. The second kappa shape index (κ2) is 15.7. The lowest BCUT2D eigenvalue weighted by atomic mass is 9.95. The summed E-state index contributed by atoms with van der Waals surface area (Å²) in [6.45, 7) is 13.7. The number of hydrogen-bond donors (Lipinski definition) is 1. The molecule has 1 N–H and O–H groups in total. The molecule has 1 aromatic heterocycles. The standard InChI is InChI=1S/C43H45ClN8O6/c1-45-39-36(44)23-33(24-46-39)58-32-20-30-6-7-31(21-32)51(30)41(55)27-2-4-28(5-3-27)50-18-16-48(17-19-50)25-26-12-14-49(15-13-26)29-8-9-34-35(22-29)43(57)52(42(34)56)37-10-11-38(53)47-40(37)54/h2-5,8-9,22-24,26,30-32,37H,6-7,10-21,25H2,(H,47,53,54). The zero-order chi connectivity index (χ0) is 40.1. The van der Waals surface area contributed by atoms with Gasteiger partial charge < -0.3 is 24.3 Å². The van der Waals surface area contributed by atoms with E-state index in [1.54, 1.807) is 24.4 Å². The number of halogens is 1. The van der Waals surface area contributed by atoms with Gasteiger partial charge in [-0.05, 0) is 86.6 Å². The number of imide groups is 2. The predicted molar refractivity (Wildman–Crippen MR) is 215 cm³/mol. The van der Waals surface area contributed by atoms with Crippen molar-refractivity contribution in [3.63, 3.8) is 0 Å². The van der Waals surface area contributed by atoms with Crippen LogP contribution >= 0.6 is 11.6 Å². The van der Waals surface area contributed by atoms with E-state index in [0.717, 1.165) is 101 Å². The van der Waals surface area contributed by atoms with Gasteiger partial charge in [0.25, 0.3) is 23.5 Å². The molecule has 3 atom stereocenters. The van der Waals surface area contributed by atoms with Crippen molar-refractivity contribution in [2.24, 2.45) is 5.92 Å². The molecule has 0 saturated carbocycles. The van der Waals surface area contributed by atoms with E-state index < -0.39 is 23.8 Å². The minimum atomic E-state index is -0.969. The molecule has 0 spiro atoms. The molecule has 2 aromatic carbocycles. The number of aromatic nitrogens is 1. The second-order valence-corrected chi connectivity index (χ2v) is 16.7. The maximum atomic E-state index is 13.8. The fraction of sp³-hybridized carbons (Fsp3) is 0.465. The zero-order valence-electron chi connectivity index (χ0n) is 32.1. The van der Waals surface area contributed by atoms with Crippen molar-refractivity contribution in [2.45, 2.75) is 75.6 Å². The van der Waals surface area contributed by atoms with Crippen LogP contribution in [-0.2, 0) is 9.59 Å². The van der Waals surface area contributed by atoms with Gasteiger partial charge in [-0.15, -0.1) is 4.98 Å². The molecule has 9 rings (SSSR count). The summed E-state index contributed by atoms with van der Waals surface area (Å²) in [5.41, 5.74) is 3.36. The van der Waals surface area contributed by atoms with E-state index in [0.29, 0.717) is 28.4 Å². The van der Waals surface area contributed by atoms with Crippen LogP contribution in [0.2, 0.25) is 5.02 Å². The molecule has 6 aliphatic heterocycles. The Bertz CT molecular complexity index is 2180. The highest BCUT2D eigenvalue weighted by atomic mass is 35.5. The van der Waals surface area contributed by atoms with Crippen molar-refractivity contribution < 1.29 is 28.7 Å². The molecule has 5 fully saturated rings. The Morgan fingerprint density at radius 1 is 0.828 bits per heavy atom. The van der Waals surface area contributed by atoms with Crippen molar-refractivity contribution in [2.75, 3.05) is 55.6 Å². The number of pyridine rings is 1. The molecule has 0 radical (unpaired) electrons. The van der Waals surface area contributed by atoms with Crippen LogP contribution in [0.3, 0.4) is 0 Å². The number of piperazine rings is 1. The quantitative estimate of drug-likeness (QED) is 0.246. The van der Waals surface area contributed by atoms with Gasteiger partial charge in [-0.2, -0.15) is 0 Å². The highest BCUT2D eigenvalue weighted by Gasteiger charge is 2.46. The summed E-state index contributed by atoms with van der Waals surface area (Å²) in [5.74, 6) is -0.603. The van der Waals surface area contributed by atoms with Crippen LogP contribution in [0.15, 0.2) is 54.7 Å². The highest BCUT2D eigenvalue weighted by Crippen LogP contribution is 2.39. The van der Waals surface area contributed by atoms with Crippen molar-refractivity contribution in [1.82, 2.24) is 25.0 Å². The van der Waals surface area contributed by atoms with Crippen LogP contribution in [0.1, 0.15) is 82.4 Å². The lowest BCUT2D eigenvalue weighted by Crippen LogP contribution is -2.54. The molecule has 5 saturated heterocycles. The maximum Gasteiger partial charge on any atom is 0.288 e. The van der Waals surface area contributed by atoms with E-state index in [1.165, 1.54) is 0 Å². The number of amides is 5. The molecule has 2 bridgehead atoms. The zero-order valence-corrected chi connectivity index (χ0v) is 32.9. The normalized spacial score (nSPS) is 25.2. The van der Waals surface area contributed by atoms with Gasteiger partial charge in [0.05, 0.1) is 16.1 Å². The fourth-order valence-electron chi connectivity index (χ4n) is 9.85. The first-order valence-electron chi connectivity index (χ1n) is 20.3. The number of ether oxygens (including phenoxy) is 1. The fourth-order valence-corrected chi connectivity index (χ4v) is 10.1. The molecule has 3 unspecified atom stereocenters. The van der Waals surface area contributed by atoms with Crippen molar-refractivity contribution in [3.05, 3.63) is 87.9 Å². The summed E-state index contributed by atoms with van der Waals surface area (Å²) in [4.78, 5) is 82.0. The van der Waals surface area contributed by atoms with Crippen molar-refractivity contribution in [1.29, 1.82) is 0 Å². The minimum absolute atomic E-state index is 0.0346. The Labute approximate surface area is 341 Å². The number of carbonyl (C=O) groups is 5. The van der Waals surface area contributed by atoms with E-state index in [-0.39, 0.29) is 53.7 Å². The Kier molecular flexibility index (Phi) is 10.3. The Morgan fingerprint density at radius 3 is 2.17 bits per heavy atom. The third kappa shape index (κ3) is 7.26. The lowest BCUT2D eigenvalue weighted by molar-refractivity contribution is -0.136. The molecule has 6 aliphatic rings. The van der Waals surface area contributed by atoms with E-state index in [2.05, 4.69) is 46.9 Å². The van der Waals surface area contributed by atoms with Crippen LogP contribution in [0, 0.1) is 12.5 Å². The number of anilines is 2. The lowest BCUT2D eigenvalue weighted by Gasteiger charge is -2.40. The monoisotopic (exact) mass is 804 g/mol. The molecule has 3 aromatic rings. The van der Waals surface area contributed by atoms with Gasteiger partial charge in [0.2, 0.25) is 11.8 Å². The van der Waals surface area contributed by atoms with E-state index >= 15 is 0 Å².